The van der Waals surface area contributed by atoms with Gasteiger partial charge >= 0.3 is 12.1 Å². The van der Waals surface area contributed by atoms with E-state index in [1.54, 1.807) is 0 Å². The summed E-state index contributed by atoms with van der Waals surface area (Å²) in [5, 5.41) is 8.41. The quantitative estimate of drug-likeness (QED) is 0.696. The Morgan fingerprint density at radius 1 is 1.57 bits per heavy atom. The highest BCUT2D eigenvalue weighted by atomic mass is 19.4. The lowest BCUT2D eigenvalue weighted by atomic mass is 10.1. The molecule has 0 fully saturated rings. The van der Waals surface area contributed by atoms with Crippen LogP contribution in [0.15, 0.2) is 11.6 Å². The number of hydrogen-bond donors (Lipinski definition) is 1. The third-order valence-corrected chi connectivity index (χ3v) is 2.02. The van der Waals surface area contributed by atoms with Crippen molar-refractivity contribution in [2.24, 2.45) is 0 Å². The van der Waals surface area contributed by atoms with Crippen LogP contribution in [0.4, 0.5) is 13.2 Å². The fraction of sp³-hybridized carbons (Fsp3) is 0.625. The Morgan fingerprint density at radius 3 is 2.57 bits per heavy atom. The molecule has 0 spiro atoms. The maximum absolute atomic E-state index is 12.1. The number of rotatable bonds is 2. The highest BCUT2D eigenvalue weighted by Gasteiger charge is 2.34. The summed E-state index contributed by atoms with van der Waals surface area (Å²) in [6, 6.07) is 0. The van der Waals surface area contributed by atoms with Gasteiger partial charge in [-0.2, -0.15) is 13.2 Å². The first-order chi connectivity index (χ1) is 6.39. The monoisotopic (exact) mass is 209 g/mol. The predicted octanol–water partition coefficient (Wildman–Crippen LogP) is 1.27. The van der Waals surface area contributed by atoms with E-state index >= 15 is 0 Å². The van der Waals surface area contributed by atoms with Crippen molar-refractivity contribution in [1.82, 2.24) is 4.90 Å². The van der Waals surface area contributed by atoms with Crippen LogP contribution < -0.4 is 0 Å². The SMILES string of the molecule is O=C(O)CN1CC=C(C(F)(F)F)CC1. The average Bonchev–Trinajstić information content (AvgIpc) is 2.02. The Kier molecular flexibility index (Phi) is 3.15. The zero-order chi connectivity index (χ0) is 10.8. The number of halogens is 3. The zero-order valence-electron chi connectivity index (χ0n) is 7.34. The van der Waals surface area contributed by atoms with Crippen LogP contribution in [0.1, 0.15) is 6.42 Å². The minimum absolute atomic E-state index is 0.0567. The Hall–Kier alpha value is -1.04. The standard InChI is InChI=1S/C8H10F3NO2/c9-8(10,11)6-1-3-12(4-2-6)5-7(13)14/h1H,2-5H2,(H,13,14). The van der Waals surface area contributed by atoms with E-state index in [4.69, 9.17) is 5.11 Å². The smallest absolute Gasteiger partial charge is 0.412 e. The van der Waals surface area contributed by atoms with E-state index in [0.29, 0.717) is 0 Å². The summed E-state index contributed by atoms with van der Waals surface area (Å²) < 4.78 is 36.4. The highest BCUT2D eigenvalue weighted by molar-refractivity contribution is 5.69. The largest absolute Gasteiger partial charge is 0.480 e. The molecule has 1 aliphatic heterocycles. The molecular formula is C8H10F3NO2. The molecule has 0 aliphatic carbocycles. The Bertz CT molecular complexity index is 260. The normalized spacial score (nSPS) is 19.2. The van der Waals surface area contributed by atoms with Gasteiger partial charge in [0.25, 0.3) is 0 Å². The molecule has 0 saturated heterocycles. The van der Waals surface area contributed by atoms with Gasteiger partial charge in [0.15, 0.2) is 0 Å². The summed E-state index contributed by atoms with van der Waals surface area (Å²) in [5.74, 6) is -1.02. The summed E-state index contributed by atoms with van der Waals surface area (Å²) in [6.45, 7) is 0.000420. The fourth-order valence-electron chi connectivity index (χ4n) is 1.30. The molecule has 0 atom stereocenters. The molecule has 0 amide bonds. The predicted molar refractivity (Wildman–Crippen MR) is 42.8 cm³/mol. The number of carbonyl (C=O) groups is 1. The first-order valence-corrected chi connectivity index (χ1v) is 4.10. The van der Waals surface area contributed by atoms with Gasteiger partial charge in [0, 0.05) is 18.7 Å². The van der Waals surface area contributed by atoms with Crippen molar-refractivity contribution in [3.63, 3.8) is 0 Å². The van der Waals surface area contributed by atoms with Gasteiger partial charge in [-0.05, 0) is 6.42 Å². The number of carboxylic acid groups (broad SMARTS) is 1. The molecule has 0 aromatic rings. The molecule has 14 heavy (non-hydrogen) atoms. The molecular weight excluding hydrogens is 199 g/mol. The molecule has 0 unspecified atom stereocenters. The summed E-state index contributed by atoms with van der Waals surface area (Å²) in [6.07, 6.45) is -3.35. The first kappa shape index (κ1) is 11.0. The van der Waals surface area contributed by atoms with Gasteiger partial charge in [-0.25, -0.2) is 0 Å². The van der Waals surface area contributed by atoms with E-state index in [1.165, 1.54) is 4.90 Å². The molecule has 0 saturated carbocycles. The number of carboxylic acids is 1. The van der Waals surface area contributed by atoms with E-state index in [2.05, 4.69) is 0 Å². The van der Waals surface area contributed by atoms with Crippen molar-refractivity contribution < 1.29 is 23.1 Å². The molecule has 0 bridgehead atoms. The fourth-order valence-corrected chi connectivity index (χ4v) is 1.30. The van der Waals surface area contributed by atoms with Crippen LogP contribution >= 0.6 is 0 Å². The van der Waals surface area contributed by atoms with E-state index < -0.39 is 17.7 Å². The van der Waals surface area contributed by atoms with Crippen molar-refractivity contribution in [3.05, 3.63) is 11.6 Å². The number of aliphatic carboxylic acids is 1. The van der Waals surface area contributed by atoms with Crippen LogP contribution in [0, 0.1) is 0 Å². The highest BCUT2D eigenvalue weighted by Crippen LogP contribution is 2.29. The number of alkyl halides is 3. The third-order valence-electron chi connectivity index (χ3n) is 2.02. The van der Waals surface area contributed by atoms with Crippen LogP contribution in [0.25, 0.3) is 0 Å². The average molecular weight is 209 g/mol. The molecule has 6 heteroatoms. The van der Waals surface area contributed by atoms with Gasteiger partial charge in [-0.3, -0.25) is 9.69 Å². The van der Waals surface area contributed by atoms with Gasteiger partial charge in [0.05, 0.1) is 6.54 Å². The number of hydrogen-bond acceptors (Lipinski definition) is 2. The molecule has 3 nitrogen and oxygen atoms in total. The Labute approximate surface area is 78.8 Å². The van der Waals surface area contributed by atoms with Gasteiger partial charge in [0.2, 0.25) is 0 Å². The summed E-state index contributed by atoms with van der Waals surface area (Å²) in [5.41, 5.74) is -0.556. The van der Waals surface area contributed by atoms with Crippen molar-refractivity contribution >= 4 is 5.97 Å². The molecule has 1 N–H and O–H groups in total. The summed E-state index contributed by atoms with van der Waals surface area (Å²) in [4.78, 5) is 11.7. The van der Waals surface area contributed by atoms with Crippen molar-refractivity contribution in [1.29, 1.82) is 0 Å². The molecule has 1 heterocycles. The lowest BCUT2D eigenvalue weighted by Gasteiger charge is -2.25. The Morgan fingerprint density at radius 2 is 2.21 bits per heavy atom. The van der Waals surface area contributed by atoms with Crippen LogP contribution in [0.5, 0.6) is 0 Å². The molecule has 80 valence electrons. The minimum atomic E-state index is -4.27. The molecule has 1 rings (SSSR count). The maximum atomic E-state index is 12.1. The second kappa shape index (κ2) is 4.00. The summed E-state index contributed by atoms with van der Waals surface area (Å²) in [7, 11) is 0. The first-order valence-electron chi connectivity index (χ1n) is 4.10. The lowest BCUT2D eigenvalue weighted by molar-refractivity contribution is -0.138. The van der Waals surface area contributed by atoms with Crippen molar-refractivity contribution in [2.75, 3.05) is 19.6 Å². The van der Waals surface area contributed by atoms with Crippen molar-refractivity contribution in [2.45, 2.75) is 12.6 Å². The van der Waals surface area contributed by atoms with E-state index in [-0.39, 0.29) is 26.1 Å². The van der Waals surface area contributed by atoms with E-state index in [0.717, 1.165) is 6.08 Å². The van der Waals surface area contributed by atoms with E-state index in [1.807, 2.05) is 0 Å². The second-order valence-electron chi connectivity index (χ2n) is 3.11. The van der Waals surface area contributed by atoms with Crippen LogP contribution in [0.2, 0.25) is 0 Å². The number of nitrogens with zero attached hydrogens (tertiary/aromatic N) is 1. The molecule has 0 aromatic heterocycles. The van der Waals surface area contributed by atoms with Gasteiger partial charge in [-0.1, -0.05) is 6.08 Å². The maximum Gasteiger partial charge on any atom is 0.412 e. The third kappa shape index (κ3) is 3.02. The van der Waals surface area contributed by atoms with Crippen LogP contribution in [-0.4, -0.2) is 41.8 Å². The van der Waals surface area contributed by atoms with Crippen LogP contribution in [0.3, 0.4) is 0 Å². The summed E-state index contributed by atoms with van der Waals surface area (Å²) >= 11 is 0. The Balaban J connectivity index is 2.51. The van der Waals surface area contributed by atoms with Gasteiger partial charge < -0.3 is 5.11 Å². The zero-order valence-corrected chi connectivity index (χ0v) is 7.34. The molecule has 1 aliphatic rings. The van der Waals surface area contributed by atoms with E-state index in [9.17, 15) is 18.0 Å². The van der Waals surface area contributed by atoms with Crippen LogP contribution in [-0.2, 0) is 4.79 Å². The lowest BCUT2D eigenvalue weighted by Crippen LogP contribution is -2.35. The van der Waals surface area contributed by atoms with Crippen molar-refractivity contribution in [3.8, 4) is 0 Å². The minimum Gasteiger partial charge on any atom is -0.480 e. The molecule has 0 aromatic carbocycles. The van der Waals surface area contributed by atoms with Gasteiger partial charge in [0.1, 0.15) is 0 Å². The molecule has 0 radical (unpaired) electrons. The second-order valence-corrected chi connectivity index (χ2v) is 3.11. The topological polar surface area (TPSA) is 40.5 Å². The van der Waals surface area contributed by atoms with Gasteiger partial charge in [-0.15, -0.1) is 0 Å².